The van der Waals surface area contributed by atoms with E-state index in [-0.39, 0.29) is 5.91 Å². The van der Waals surface area contributed by atoms with Crippen molar-refractivity contribution in [3.63, 3.8) is 0 Å². The average Bonchev–Trinajstić information content (AvgIpc) is 2.76. The molecule has 0 saturated carbocycles. The van der Waals surface area contributed by atoms with Crippen LogP contribution in [0.15, 0.2) is 18.6 Å². The van der Waals surface area contributed by atoms with Crippen LogP contribution in [0.3, 0.4) is 0 Å². The molecule has 2 aromatic rings. The van der Waals surface area contributed by atoms with Crippen LogP contribution in [-0.4, -0.2) is 39.5 Å². The molecule has 1 N–H and O–H groups in total. The molecule has 14 heavy (non-hydrogen) atoms. The summed E-state index contributed by atoms with van der Waals surface area (Å²) < 4.78 is 1.66. The molecule has 74 valence electrons. The molecule has 0 atom stereocenters. The Labute approximate surface area is 80.1 Å². The largest absolute Gasteiger partial charge is 0.330 e. The van der Waals surface area contributed by atoms with Gasteiger partial charge in [0.2, 0.25) is 5.78 Å². The van der Waals surface area contributed by atoms with E-state index < -0.39 is 0 Å². The highest BCUT2D eigenvalue weighted by molar-refractivity contribution is 5.92. The first-order chi connectivity index (χ1) is 6.74. The molecule has 6 heteroatoms. The molecule has 0 aliphatic heterocycles. The predicted molar refractivity (Wildman–Crippen MR) is 48.6 cm³/mol. The van der Waals surface area contributed by atoms with Gasteiger partial charge >= 0.3 is 0 Å². The molecule has 0 fully saturated rings. The van der Waals surface area contributed by atoms with Crippen molar-refractivity contribution in [1.82, 2.24) is 19.4 Å². The van der Waals surface area contributed by atoms with Crippen molar-refractivity contribution in [2.24, 2.45) is 0 Å². The van der Waals surface area contributed by atoms with Crippen molar-refractivity contribution < 1.29 is 9.63 Å². The van der Waals surface area contributed by atoms with Gasteiger partial charge in [0.25, 0.3) is 5.91 Å². The minimum atomic E-state index is -0.236. The SMILES string of the molecule is CON(C)C(=O)c1cnc2[nH]ccn12. The number of carbonyl (C=O) groups excluding carboxylic acids is 1. The molecule has 0 bridgehead atoms. The number of aromatic nitrogens is 3. The predicted octanol–water partition coefficient (Wildman–Crippen LogP) is 0.296. The second-order valence-electron chi connectivity index (χ2n) is 2.78. The van der Waals surface area contributed by atoms with Crippen molar-refractivity contribution in [3.8, 4) is 0 Å². The minimum absolute atomic E-state index is 0.236. The van der Waals surface area contributed by atoms with Gasteiger partial charge in [-0.2, -0.15) is 0 Å². The Morgan fingerprint density at radius 2 is 2.50 bits per heavy atom. The number of hydrogen-bond acceptors (Lipinski definition) is 3. The molecule has 0 saturated heterocycles. The fourth-order valence-corrected chi connectivity index (χ4v) is 1.21. The van der Waals surface area contributed by atoms with Crippen LogP contribution >= 0.6 is 0 Å². The number of carbonyl (C=O) groups is 1. The van der Waals surface area contributed by atoms with E-state index >= 15 is 0 Å². The van der Waals surface area contributed by atoms with Crippen molar-refractivity contribution in [2.75, 3.05) is 14.2 Å². The van der Waals surface area contributed by atoms with Gasteiger partial charge in [-0.15, -0.1) is 0 Å². The van der Waals surface area contributed by atoms with Gasteiger partial charge in [-0.25, -0.2) is 10.0 Å². The van der Waals surface area contributed by atoms with Crippen LogP contribution in [0.5, 0.6) is 0 Å². The highest BCUT2D eigenvalue weighted by atomic mass is 16.7. The van der Waals surface area contributed by atoms with Gasteiger partial charge in [0.05, 0.1) is 13.3 Å². The van der Waals surface area contributed by atoms with E-state index in [2.05, 4.69) is 9.97 Å². The molecular weight excluding hydrogens is 184 g/mol. The fraction of sp³-hybridized carbons (Fsp3) is 0.250. The number of aromatic amines is 1. The zero-order valence-corrected chi connectivity index (χ0v) is 7.89. The Balaban J connectivity index is 2.43. The molecule has 2 heterocycles. The Morgan fingerprint density at radius 1 is 1.71 bits per heavy atom. The van der Waals surface area contributed by atoms with Crippen LogP contribution in [-0.2, 0) is 4.84 Å². The van der Waals surface area contributed by atoms with Crippen LogP contribution < -0.4 is 0 Å². The summed E-state index contributed by atoms with van der Waals surface area (Å²) in [5, 5.41) is 1.15. The quantitative estimate of drug-likeness (QED) is 0.699. The van der Waals surface area contributed by atoms with E-state index in [1.165, 1.54) is 13.3 Å². The van der Waals surface area contributed by atoms with Crippen LogP contribution in [0.4, 0.5) is 0 Å². The second kappa shape index (κ2) is 3.15. The van der Waals surface area contributed by atoms with Gasteiger partial charge in [-0.05, 0) is 0 Å². The molecule has 0 aromatic carbocycles. The third kappa shape index (κ3) is 1.16. The van der Waals surface area contributed by atoms with Crippen LogP contribution in [0.2, 0.25) is 0 Å². The molecule has 0 unspecified atom stereocenters. The summed E-state index contributed by atoms with van der Waals surface area (Å²) in [4.78, 5) is 23.4. The molecule has 0 spiro atoms. The van der Waals surface area contributed by atoms with E-state index in [4.69, 9.17) is 4.84 Å². The number of amides is 1. The number of hydrogen-bond donors (Lipinski definition) is 1. The first-order valence-electron chi connectivity index (χ1n) is 4.06. The summed E-state index contributed by atoms with van der Waals surface area (Å²) in [6, 6.07) is 0. The topological polar surface area (TPSA) is 62.6 Å². The lowest BCUT2D eigenvalue weighted by Gasteiger charge is -2.11. The zero-order valence-electron chi connectivity index (χ0n) is 7.89. The van der Waals surface area contributed by atoms with Gasteiger partial charge in [-0.3, -0.25) is 14.0 Å². The summed E-state index contributed by atoms with van der Waals surface area (Å²) in [6.45, 7) is 0. The minimum Gasteiger partial charge on any atom is -0.330 e. The number of nitrogens with one attached hydrogen (secondary N) is 1. The third-order valence-electron chi connectivity index (χ3n) is 2.01. The summed E-state index contributed by atoms with van der Waals surface area (Å²) in [5.74, 6) is 0.400. The van der Waals surface area contributed by atoms with E-state index in [9.17, 15) is 4.79 Å². The number of rotatable bonds is 2. The van der Waals surface area contributed by atoms with Crippen molar-refractivity contribution in [2.45, 2.75) is 0 Å². The monoisotopic (exact) mass is 194 g/mol. The lowest BCUT2D eigenvalue weighted by molar-refractivity contribution is -0.0761. The fourth-order valence-electron chi connectivity index (χ4n) is 1.21. The third-order valence-corrected chi connectivity index (χ3v) is 2.01. The Hall–Kier alpha value is -1.82. The number of hydroxylamine groups is 2. The highest BCUT2D eigenvalue weighted by Crippen LogP contribution is 2.06. The number of nitrogens with zero attached hydrogens (tertiary/aromatic N) is 3. The van der Waals surface area contributed by atoms with E-state index in [0.29, 0.717) is 11.5 Å². The molecule has 0 aliphatic carbocycles. The van der Waals surface area contributed by atoms with Gasteiger partial charge in [0, 0.05) is 19.4 Å². The molecule has 6 nitrogen and oxygen atoms in total. The first kappa shape index (κ1) is 8.76. The molecule has 0 aliphatic rings. The Kier molecular flexibility index (Phi) is 1.97. The van der Waals surface area contributed by atoms with Gasteiger partial charge in [-0.1, -0.05) is 0 Å². The highest BCUT2D eigenvalue weighted by Gasteiger charge is 2.16. The zero-order chi connectivity index (χ0) is 10.1. The summed E-state index contributed by atoms with van der Waals surface area (Å²) in [5.41, 5.74) is 0.464. The van der Waals surface area contributed by atoms with Gasteiger partial charge in [0.1, 0.15) is 5.69 Å². The van der Waals surface area contributed by atoms with Crippen molar-refractivity contribution in [1.29, 1.82) is 0 Å². The summed E-state index contributed by atoms with van der Waals surface area (Å²) >= 11 is 0. The van der Waals surface area contributed by atoms with Crippen LogP contribution in [0.1, 0.15) is 10.5 Å². The average molecular weight is 194 g/mol. The summed E-state index contributed by atoms with van der Waals surface area (Å²) in [7, 11) is 2.99. The van der Waals surface area contributed by atoms with Gasteiger partial charge < -0.3 is 4.98 Å². The Morgan fingerprint density at radius 3 is 3.21 bits per heavy atom. The van der Waals surface area contributed by atoms with Crippen molar-refractivity contribution in [3.05, 3.63) is 24.3 Å². The molecule has 0 radical (unpaired) electrons. The van der Waals surface area contributed by atoms with E-state index in [1.54, 1.807) is 23.8 Å². The van der Waals surface area contributed by atoms with E-state index in [0.717, 1.165) is 5.06 Å². The number of fused-ring (bicyclic) bond motifs is 1. The van der Waals surface area contributed by atoms with Gasteiger partial charge in [0.15, 0.2) is 0 Å². The lowest BCUT2D eigenvalue weighted by Crippen LogP contribution is -2.26. The number of imidazole rings is 2. The molecular formula is C8H10N4O2. The normalized spacial score (nSPS) is 10.7. The van der Waals surface area contributed by atoms with Crippen LogP contribution in [0.25, 0.3) is 5.78 Å². The smallest absolute Gasteiger partial charge is 0.295 e. The number of H-pyrrole nitrogens is 1. The molecule has 1 amide bonds. The maximum Gasteiger partial charge on any atom is 0.295 e. The molecule has 2 aromatic heterocycles. The first-order valence-corrected chi connectivity index (χ1v) is 4.06. The van der Waals surface area contributed by atoms with Crippen LogP contribution in [0, 0.1) is 0 Å². The molecule has 2 rings (SSSR count). The van der Waals surface area contributed by atoms with E-state index in [1.807, 2.05) is 0 Å². The maximum atomic E-state index is 11.7. The lowest BCUT2D eigenvalue weighted by atomic mass is 10.4. The summed E-state index contributed by atoms with van der Waals surface area (Å²) in [6.07, 6.45) is 4.95. The maximum absolute atomic E-state index is 11.7. The van der Waals surface area contributed by atoms with Crippen molar-refractivity contribution >= 4 is 11.7 Å². The standard InChI is InChI=1S/C8H10N4O2/c1-11(14-2)7(13)6-5-10-8-9-3-4-12(6)8/h3-5H,1-2H3,(H,9,10). The second-order valence-corrected chi connectivity index (χ2v) is 2.78. The Bertz CT molecular complexity index is 459.